The zero-order valence-electron chi connectivity index (χ0n) is 11.0. The van der Waals surface area contributed by atoms with Gasteiger partial charge in [-0.15, -0.1) is 0 Å². The number of aliphatic hydroxyl groups is 1. The van der Waals surface area contributed by atoms with Crippen LogP contribution in [0.25, 0.3) is 0 Å². The summed E-state index contributed by atoms with van der Waals surface area (Å²) >= 11 is 0. The molecule has 96 valence electrons. The van der Waals surface area contributed by atoms with E-state index >= 15 is 0 Å². The molecule has 0 saturated heterocycles. The van der Waals surface area contributed by atoms with Crippen molar-refractivity contribution in [2.45, 2.75) is 58.5 Å². The Morgan fingerprint density at radius 1 is 1.18 bits per heavy atom. The lowest BCUT2D eigenvalue weighted by Crippen LogP contribution is -2.48. The standard InChI is InChI=1S/C15H24O2/c1-9-10-7-8-15(2)12(4-6-14(15)17)11(10)3-5-13(9)16/h9-12,14,17H,3-8H2,1-2H3/t9-,10?,11?,12?,14?,15?/m1/s1. The Labute approximate surface area is 104 Å². The van der Waals surface area contributed by atoms with Gasteiger partial charge in [-0.25, -0.2) is 0 Å². The molecule has 3 aliphatic rings. The highest BCUT2D eigenvalue weighted by atomic mass is 16.3. The van der Waals surface area contributed by atoms with Gasteiger partial charge in [-0.1, -0.05) is 13.8 Å². The lowest BCUT2D eigenvalue weighted by molar-refractivity contribution is -0.133. The van der Waals surface area contributed by atoms with E-state index in [1.807, 2.05) is 0 Å². The molecule has 5 unspecified atom stereocenters. The van der Waals surface area contributed by atoms with Gasteiger partial charge in [-0.05, 0) is 55.3 Å². The van der Waals surface area contributed by atoms with Gasteiger partial charge in [0.25, 0.3) is 0 Å². The monoisotopic (exact) mass is 236 g/mol. The summed E-state index contributed by atoms with van der Waals surface area (Å²) in [6.45, 7) is 4.42. The third-order valence-electron chi connectivity index (χ3n) is 6.32. The van der Waals surface area contributed by atoms with Crippen LogP contribution in [0.1, 0.15) is 52.4 Å². The van der Waals surface area contributed by atoms with E-state index in [-0.39, 0.29) is 17.4 Å². The predicted octanol–water partition coefficient (Wildman–Crippen LogP) is 2.79. The van der Waals surface area contributed by atoms with E-state index in [2.05, 4.69) is 13.8 Å². The van der Waals surface area contributed by atoms with Gasteiger partial charge in [-0.2, -0.15) is 0 Å². The van der Waals surface area contributed by atoms with Crippen molar-refractivity contribution in [2.75, 3.05) is 0 Å². The van der Waals surface area contributed by atoms with Gasteiger partial charge in [0.05, 0.1) is 6.10 Å². The molecule has 0 aliphatic heterocycles. The minimum atomic E-state index is -0.0959. The fraction of sp³-hybridized carbons (Fsp3) is 0.933. The molecule has 0 aromatic carbocycles. The van der Waals surface area contributed by atoms with Crippen molar-refractivity contribution in [2.24, 2.45) is 29.1 Å². The molecule has 0 heterocycles. The van der Waals surface area contributed by atoms with Crippen LogP contribution in [0.2, 0.25) is 0 Å². The van der Waals surface area contributed by atoms with Crippen LogP contribution in [0.4, 0.5) is 0 Å². The maximum absolute atomic E-state index is 11.8. The van der Waals surface area contributed by atoms with E-state index in [9.17, 15) is 9.90 Å². The maximum atomic E-state index is 11.8. The zero-order valence-corrected chi connectivity index (χ0v) is 11.0. The molecule has 17 heavy (non-hydrogen) atoms. The summed E-state index contributed by atoms with van der Waals surface area (Å²) in [6.07, 6.45) is 6.21. The molecule has 0 aromatic heterocycles. The number of ketones is 1. The quantitative estimate of drug-likeness (QED) is 0.702. The number of aliphatic hydroxyl groups excluding tert-OH is 1. The largest absolute Gasteiger partial charge is 0.393 e. The smallest absolute Gasteiger partial charge is 0.135 e. The van der Waals surface area contributed by atoms with Gasteiger partial charge >= 0.3 is 0 Å². The Kier molecular flexibility index (Phi) is 2.62. The van der Waals surface area contributed by atoms with E-state index in [1.54, 1.807) is 0 Å². The van der Waals surface area contributed by atoms with E-state index in [0.29, 0.717) is 23.5 Å². The first-order chi connectivity index (χ1) is 8.04. The van der Waals surface area contributed by atoms with Gasteiger partial charge in [0, 0.05) is 12.3 Å². The first-order valence-electron chi connectivity index (χ1n) is 7.25. The molecule has 0 radical (unpaired) electrons. The number of Topliss-reactive ketones (excluding diaryl/α,β-unsaturated/α-hetero) is 1. The van der Waals surface area contributed by atoms with Crippen LogP contribution in [0.3, 0.4) is 0 Å². The van der Waals surface area contributed by atoms with Crippen LogP contribution >= 0.6 is 0 Å². The fourth-order valence-electron chi connectivity index (χ4n) is 5.10. The number of carbonyl (C=O) groups excluding carboxylic acids is 1. The summed E-state index contributed by atoms with van der Waals surface area (Å²) in [7, 11) is 0. The molecule has 0 bridgehead atoms. The van der Waals surface area contributed by atoms with Crippen molar-refractivity contribution in [1.82, 2.24) is 0 Å². The molecule has 0 amide bonds. The van der Waals surface area contributed by atoms with Crippen molar-refractivity contribution >= 4 is 5.78 Å². The van der Waals surface area contributed by atoms with Crippen LogP contribution in [-0.4, -0.2) is 17.0 Å². The molecule has 2 heteroatoms. The van der Waals surface area contributed by atoms with Gasteiger partial charge in [0.1, 0.15) is 5.78 Å². The van der Waals surface area contributed by atoms with Crippen molar-refractivity contribution in [3.8, 4) is 0 Å². The van der Waals surface area contributed by atoms with Crippen LogP contribution in [0.5, 0.6) is 0 Å². The SMILES string of the molecule is C[C@H]1C(=O)CCC2C1CCC1(C)C(O)CCC21. The highest BCUT2D eigenvalue weighted by molar-refractivity contribution is 5.81. The minimum absolute atomic E-state index is 0.0959. The van der Waals surface area contributed by atoms with E-state index in [1.165, 1.54) is 6.42 Å². The van der Waals surface area contributed by atoms with E-state index in [4.69, 9.17) is 0 Å². The van der Waals surface area contributed by atoms with Crippen molar-refractivity contribution in [3.05, 3.63) is 0 Å². The molecule has 3 saturated carbocycles. The fourth-order valence-corrected chi connectivity index (χ4v) is 5.10. The highest BCUT2D eigenvalue weighted by Crippen LogP contribution is 2.59. The van der Waals surface area contributed by atoms with Crippen LogP contribution in [-0.2, 0) is 4.79 Å². The Balaban J connectivity index is 1.87. The highest BCUT2D eigenvalue weighted by Gasteiger charge is 2.55. The summed E-state index contributed by atoms with van der Waals surface area (Å²) in [4.78, 5) is 11.8. The van der Waals surface area contributed by atoms with Crippen molar-refractivity contribution in [1.29, 1.82) is 0 Å². The predicted molar refractivity (Wildman–Crippen MR) is 66.5 cm³/mol. The zero-order chi connectivity index (χ0) is 12.2. The number of hydrogen-bond donors (Lipinski definition) is 1. The lowest BCUT2D eigenvalue weighted by atomic mass is 9.54. The molecule has 3 fully saturated rings. The molecular weight excluding hydrogens is 212 g/mol. The number of carbonyl (C=O) groups is 1. The second kappa shape index (κ2) is 3.81. The Morgan fingerprint density at radius 2 is 1.94 bits per heavy atom. The van der Waals surface area contributed by atoms with Gasteiger partial charge < -0.3 is 5.11 Å². The molecule has 0 spiro atoms. The van der Waals surface area contributed by atoms with Crippen LogP contribution in [0, 0.1) is 29.1 Å². The summed E-state index contributed by atoms with van der Waals surface area (Å²) in [6, 6.07) is 0. The Morgan fingerprint density at radius 3 is 2.71 bits per heavy atom. The summed E-state index contributed by atoms with van der Waals surface area (Å²) in [5.74, 6) is 2.74. The molecule has 1 N–H and O–H groups in total. The maximum Gasteiger partial charge on any atom is 0.135 e. The van der Waals surface area contributed by atoms with Gasteiger partial charge in [0.15, 0.2) is 0 Å². The third-order valence-corrected chi connectivity index (χ3v) is 6.32. The number of fused-ring (bicyclic) bond motifs is 3. The molecule has 6 atom stereocenters. The summed E-state index contributed by atoms with van der Waals surface area (Å²) in [5.41, 5.74) is 0.154. The third kappa shape index (κ3) is 1.53. The molecule has 0 aromatic rings. The normalized spacial score (nSPS) is 54.3. The van der Waals surface area contributed by atoms with Crippen LogP contribution in [0.15, 0.2) is 0 Å². The second-order valence-electron chi connectivity index (χ2n) is 6.87. The van der Waals surface area contributed by atoms with Crippen molar-refractivity contribution in [3.63, 3.8) is 0 Å². The molecule has 2 nitrogen and oxygen atoms in total. The Hall–Kier alpha value is -0.370. The van der Waals surface area contributed by atoms with Crippen molar-refractivity contribution < 1.29 is 9.90 Å². The van der Waals surface area contributed by atoms with Crippen LogP contribution < -0.4 is 0 Å². The lowest BCUT2D eigenvalue weighted by Gasteiger charge is -2.51. The average Bonchev–Trinajstić information content (AvgIpc) is 2.61. The molecule has 3 rings (SSSR count). The first kappa shape index (κ1) is 11.7. The molecule has 3 aliphatic carbocycles. The van der Waals surface area contributed by atoms with E-state index < -0.39 is 0 Å². The average molecular weight is 236 g/mol. The summed E-state index contributed by atoms with van der Waals surface area (Å²) in [5, 5.41) is 10.2. The summed E-state index contributed by atoms with van der Waals surface area (Å²) < 4.78 is 0. The van der Waals surface area contributed by atoms with Gasteiger partial charge in [-0.3, -0.25) is 4.79 Å². The second-order valence-corrected chi connectivity index (χ2v) is 6.87. The number of hydrogen-bond acceptors (Lipinski definition) is 2. The molecular formula is C15H24O2. The number of rotatable bonds is 0. The minimum Gasteiger partial charge on any atom is -0.393 e. The van der Waals surface area contributed by atoms with E-state index in [0.717, 1.165) is 32.1 Å². The Bertz CT molecular complexity index is 338. The van der Waals surface area contributed by atoms with Gasteiger partial charge in [0.2, 0.25) is 0 Å². The topological polar surface area (TPSA) is 37.3 Å². The first-order valence-corrected chi connectivity index (χ1v) is 7.25.